The van der Waals surface area contributed by atoms with Gasteiger partial charge in [0, 0.05) is 44.2 Å². The molecule has 0 spiro atoms. The summed E-state index contributed by atoms with van der Waals surface area (Å²) in [5.74, 6) is -1.13. The van der Waals surface area contributed by atoms with Gasteiger partial charge in [-0.2, -0.15) is 5.10 Å². The number of aromatic nitrogens is 2. The number of amides is 3. The van der Waals surface area contributed by atoms with Crippen molar-refractivity contribution in [3.05, 3.63) is 17.0 Å². The molecule has 3 rings (SSSR count). The van der Waals surface area contributed by atoms with Crippen LogP contribution in [0.5, 0.6) is 0 Å². The summed E-state index contributed by atoms with van der Waals surface area (Å²) in [6.45, 7) is 1.46. The van der Waals surface area contributed by atoms with Crippen LogP contribution in [0.4, 0.5) is 0 Å². The average Bonchev–Trinajstić information content (AvgIpc) is 2.80. The SMILES string of the molecule is Cn1nc(C(=O)NC2CCC(=O)NC2=O)c2c1CCNC2. The fourth-order valence-corrected chi connectivity index (χ4v) is 2.76. The van der Waals surface area contributed by atoms with Gasteiger partial charge >= 0.3 is 0 Å². The first-order valence-corrected chi connectivity index (χ1v) is 6.96. The number of aryl methyl sites for hydroxylation is 1. The van der Waals surface area contributed by atoms with E-state index >= 15 is 0 Å². The molecule has 0 aromatic carbocycles. The summed E-state index contributed by atoms with van der Waals surface area (Å²) in [4.78, 5) is 35.1. The monoisotopic (exact) mass is 291 g/mol. The molecule has 0 saturated carbocycles. The molecule has 1 aromatic heterocycles. The van der Waals surface area contributed by atoms with Gasteiger partial charge in [0.2, 0.25) is 11.8 Å². The second-order valence-corrected chi connectivity index (χ2v) is 5.30. The molecule has 1 saturated heterocycles. The molecule has 1 fully saturated rings. The molecule has 8 heteroatoms. The summed E-state index contributed by atoms with van der Waals surface area (Å²) in [7, 11) is 1.81. The Kier molecular flexibility index (Phi) is 3.46. The summed E-state index contributed by atoms with van der Waals surface area (Å²) in [6, 6.07) is -0.676. The average molecular weight is 291 g/mol. The molecule has 2 aliphatic rings. The highest BCUT2D eigenvalue weighted by Crippen LogP contribution is 2.18. The van der Waals surface area contributed by atoms with E-state index in [1.807, 2.05) is 7.05 Å². The Balaban J connectivity index is 1.77. The first-order chi connectivity index (χ1) is 10.1. The highest BCUT2D eigenvalue weighted by Gasteiger charge is 2.30. The van der Waals surface area contributed by atoms with E-state index in [9.17, 15) is 14.4 Å². The maximum absolute atomic E-state index is 12.3. The van der Waals surface area contributed by atoms with E-state index in [4.69, 9.17) is 0 Å². The Morgan fingerprint density at radius 1 is 1.38 bits per heavy atom. The molecule has 112 valence electrons. The normalized spacial score (nSPS) is 21.7. The number of nitrogens with zero attached hydrogens (tertiary/aromatic N) is 2. The number of hydrogen-bond donors (Lipinski definition) is 3. The molecule has 0 aliphatic carbocycles. The Labute approximate surface area is 121 Å². The Hall–Kier alpha value is -2.22. The third-order valence-corrected chi connectivity index (χ3v) is 3.87. The molecule has 1 unspecified atom stereocenters. The Morgan fingerprint density at radius 2 is 2.19 bits per heavy atom. The number of imide groups is 1. The maximum atomic E-state index is 12.3. The fraction of sp³-hybridized carbons (Fsp3) is 0.538. The van der Waals surface area contributed by atoms with Crippen molar-refractivity contribution in [2.24, 2.45) is 7.05 Å². The molecule has 3 N–H and O–H groups in total. The van der Waals surface area contributed by atoms with Crippen molar-refractivity contribution < 1.29 is 14.4 Å². The van der Waals surface area contributed by atoms with Crippen molar-refractivity contribution in [3.8, 4) is 0 Å². The van der Waals surface area contributed by atoms with Gasteiger partial charge in [0.1, 0.15) is 6.04 Å². The Morgan fingerprint density at radius 3 is 2.95 bits per heavy atom. The van der Waals surface area contributed by atoms with Crippen LogP contribution in [0.3, 0.4) is 0 Å². The van der Waals surface area contributed by atoms with E-state index in [2.05, 4.69) is 21.0 Å². The molecular formula is C13H17N5O3. The third kappa shape index (κ3) is 2.54. The second kappa shape index (κ2) is 5.28. The zero-order valence-electron chi connectivity index (χ0n) is 11.7. The van der Waals surface area contributed by atoms with E-state index < -0.39 is 11.9 Å². The number of carbonyl (C=O) groups is 3. The third-order valence-electron chi connectivity index (χ3n) is 3.87. The van der Waals surface area contributed by atoms with Crippen LogP contribution in [0.2, 0.25) is 0 Å². The lowest BCUT2D eigenvalue weighted by Crippen LogP contribution is -2.52. The van der Waals surface area contributed by atoms with Gasteiger partial charge in [0.05, 0.1) is 0 Å². The summed E-state index contributed by atoms with van der Waals surface area (Å²) in [6.07, 6.45) is 1.38. The van der Waals surface area contributed by atoms with E-state index in [0.29, 0.717) is 18.7 Å². The van der Waals surface area contributed by atoms with Crippen LogP contribution in [0, 0.1) is 0 Å². The van der Waals surface area contributed by atoms with Crippen LogP contribution in [-0.2, 0) is 29.6 Å². The lowest BCUT2D eigenvalue weighted by Gasteiger charge is -2.21. The minimum Gasteiger partial charge on any atom is -0.339 e. The van der Waals surface area contributed by atoms with Gasteiger partial charge in [-0.25, -0.2) is 0 Å². The highest BCUT2D eigenvalue weighted by atomic mass is 16.2. The van der Waals surface area contributed by atoms with Gasteiger partial charge in [-0.3, -0.25) is 24.4 Å². The van der Waals surface area contributed by atoms with Crippen molar-refractivity contribution in [2.45, 2.75) is 31.8 Å². The van der Waals surface area contributed by atoms with Gasteiger partial charge in [-0.15, -0.1) is 0 Å². The Bertz CT molecular complexity index is 622. The number of rotatable bonds is 2. The number of carbonyl (C=O) groups excluding carboxylic acids is 3. The maximum Gasteiger partial charge on any atom is 0.272 e. The second-order valence-electron chi connectivity index (χ2n) is 5.30. The topological polar surface area (TPSA) is 105 Å². The van der Waals surface area contributed by atoms with Gasteiger partial charge < -0.3 is 10.6 Å². The van der Waals surface area contributed by atoms with Crippen LogP contribution in [0.15, 0.2) is 0 Å². The largest absolute Gasteiger partial charge is 0.339 e. The smallest absolute Gasteiger partial charge is 0.272 e. The van der Waals surface area contributed by atoms with Crippen LogP contribution in [0.1, 0.15) is 34.6 Å². The summed E-state index contributed by atoms with van der Waals surface area (Å²) >= 11 is 0. The minimum atomic E-state index is -0.676. The van der Waals surface area contributed by atoms with Gasteiger partial charge in [0.25, 0.3) is 5.91 Å². The zero-order valence-corrected chi connectivity index (χ0v) is 11.7. The van der Waals surface area contributed by atoms with Crippen LogP contribution in [-0.4, -0.2) is 40.1 Å². The number of piperidine rings is 1. The van der Waals surface area contributed by atoms with E-state index in [1.165, 1.54) is 0 Å². The molecular weight excluding hydrogens is 274 g/mol. The molecule has 21 heavy (non-hydrogen) atoms. The van der Waals surface area contributed by atoms with E-state index in [1.54, 1.807) is 4.68 Å². The molecule has 0 bridgehead atoms. The van der Waals surface area contributed by atoms with Crippen LogP contribution >= 0.6 is 0 Å². The lowest BCUT2D eigenvalue weighted by atomic mass is 10.0. The molecule has 3 heterocycles. The van der Waals surface area contributed by atoms with Gasteiger partial charge in [0.15, 0.2) is 5.69 Å². The molecule has 3 amide bonds. The van der Waals surface area contributed by atoms with Crippen molar-refractivity contribution in [3.63, 3.8) is 0 Å². The molecule has 0 radical (unpaired) electrons. The predicted octanol–water partition coefficient (Wildman–Crippen LogP) is -1.40. The highest BCUT2D eigenvalue weighted by molar-refractivity contribution is 6.03. The quantitative estimate of drug-likeness (QED) is 0.581. The van der Waals surface area contributed by atoms with Crippen molar-refractivity contribution in [2.75, 3.05) is 6.54 Å². The van der Waals surface area contributed by atoms with Crippen LogP contribution < -0.4 is 16.0 Å². The first-order valence-electron chi connectivity index (χ1n) is 6.96. The van der Waals surface area contributed by atoms with Crippen molar-refractivity contribution in [1.82, 2.24) is 25.7 Å². The fourth-order valence-electron chi connectivity index (χ4n) is 2.76. The van der Waals surface area contributed by atoms with Crippen molar-refractivity contribution in [1.29, 1.82) is 0 Å². The number of hydrogen-bond acceptors (Lipinski definition) is 5. The van der Waals surface area contributed by atoms with Gasteiger partial charge in [-0.1, -0.05) is 0 Å². The summed E-state index contributed by atoms with van der Waals surface area (Å²) < 4.78 is 1.72. The van der Waals surface area contributed by atoms with E-state index in [0.717, 1.165) is 24.2 Å². The first kappa shape index (κ1) is 13.7. The molecule has 8 nitrogen and oxygen atoms in total. The predicted molar refractivity (Wildman–Crippen MR) is 72.3 cm³/mol. The van der Waals surface area contributed by atoms with Crippen LogP contribution in [0.25, 0.3) is 0 Å². The molecule has 1 atom stereocenters. The standard InChI is InChI=1S/C13H17N5O3/c1-18-9-4-5-14-6-7(9)11(17-18)13(21)15-8-2-3-10(19)16-12(8)20/h8,14H,2-6H2,1H3,(H,15,21)(H,16,19,20). The molecule has 1 aromatic rings. The molecule has 2 aliphatic heterocycles. The number of nitrogens with one attached hydrogen (secondary N) is 3. The van der Waals surface area contributed by atoms with E-state index in [-0.39, 0.29) is 18.2 Å². The minimum absolute atomic E-state index is 0.235. The lowest BCUT2D eigenvalue weighted by molar-refractivity contribution is -0.134. The summed E-state index contributed by atoms with van der Waals surface area (Å²) in [5, 5.41) is 12.4. The zero-order chi connectivity index (χ0) is 15.0. The summed E-state index contributed by atoms with van der Waals surface area (Å²) in [5.41, 5.74) is 2.28. The van der Waals surface area contributed by atoms with Gasteiger partial charge in [-0.05, 0) is 6.42 Å². The van der Waals surface area contributed by atoms with Crippen molar-refractivity contribution >= 4 is 17.7 Å². The number of fused-ring (bicyclic) bond motifs is 1.